The maximum absolute atomic E-state index is 2.41. The number of pyridine rings is 1. The molecule has 0 aliphatic carbocycles. The highest BCUT2D eigenvalue weighted by atomic mass is 15.0. The highest BCUT2D eigenvalue weighted by molar-refractivity contribution is 5.64. The number of benzene rings is 1. The molecule has 0 N–H and O–H groups in total. The van der Waals surface area contributed by atoms with E-state index in [0.29, 0.717) is 11.8 Å². The molecular formula is C24H31N2+. The summed E-state index contributed by atoms with van der Waals surface area (Å²) in [6.45, 7) is 13.5. The van der Waals surface area contributed by atoms with Gasteiger partial charge in [0.05, 0.1) is 5.69 Å². The molecule has 0 unspecified atom stereocenters. The minimum Gasteiger partial charge on any atom is -0.311 e. The third-order valence-electron chi connectivity index (χ3n) is 5.20. The van der Waals surface area contributed by atoms with Crippen LogP contribution in [0, 0.1) is 13.8 Å². The Morgan fingerprint density at radius 3 is 2.00 bits per heavy atom. The Balaban J connectivity index is 2.34. The van der Waals surface area contributed by atoms with Gasteiger partial charge in [0.1, 0.15) is 12.7 Å². The van der Waals surface area contributed by atoms with E-state index in [9.17, 15) is 0 Å². The van der Waals surface area contributed by atoms with Gasteiger partial charge in [-0.05, 0) is 54.5 Å². The molecule has 2 heteroatoms. The summed E-state index contributed by atoms with van der Waals surface area (Å²) in [5.74, 6) is 0.956. The summed E-state index contributed by atoms with van der Waals surface area (Å²) in [6, 6.07) is 13.4. The SMILES string of the molecule is Cc1ccc(-c2c(C)ccn2-c2c(C(C)C)cccc2C(C)C)[n+](C)c1. The quantitative estimate of drug-likeness (QED) is 0.525. The van der Waals surface area contributed by atoms with Gasteiger partial charge in [-0.25, -0.2) is 0 Å². The Kier molecular flexibility index (Phi) is 5.04. The molecule has 0 atom stereocenters. The molecule has 3 aromatic rings. The smallest absolute Gasteiger partial charge is 0.229 e. The van der Waals surface area contributed by atoms with E-state index < -0.39 is 0 Å². The van der Waals surface area contributed by atoms with Crippen molar-refractivity contribution in [3.8, 4) is 17.1 Å². The Hall–Kier alpha value is -2.35. The average Bonchev–Trinajstić information content (AvgIpc) is 2.95. The van der Waals surface area contributed by atoms with Crippen molar-refractivity contribution in [3.05, 3.63) is 71.0 Å². The molecule has 0 saturated carbocycles. The third-order valence-corrected chi connectivity index (χ3v) is 5.20. The Morgan fingerprint density at radius 2 is 1.46 bits per heavy atom. The van der Waals surface area contributed by atoms with Gasteiger partial charge < -0.3 is 4.57 Å². The van der Waals surface area contributed by atoms with E-state index >= 15 is 0 Å². The van der Waals surface area contributed by atoms with Crippen LogP contribution in [0.5, 0.6) is 0 Å². The monoisotopic (exact) mass is 347 g/mol. The number of nitrogens with zero attached hydrogens (tertiary/aromatic N) is 2. The van der Waals surface area contributed by atoms with Crippen molar-refractivity contribution in [1.29, 1.82) is 0 Å². The van der Waals surface area contributed by atoms with Gasteiger partial charge in [0, 0.05) is 17.8 Å². The topological polar surface area (TPSA) is 8.81 Å². The van der Waals surface area contributed by atoms with Crippen molar-refractivity contribution in [3.63, 3.8) is 0 Å². The van der Waals surface area contributed by atoms with Gasteiger partial charge in [0.2, 0.25) is 5.69 Å². The van der Waals surface area contributed by atoms with E-state index in [1.807, 2.05) is 0 Å². The molecule has 26 heavy (non-hydrogen) atoms. The second kappa shape index (κ2) is 7.11. The molecular weight excluding hydrogens is 316 g/mol. The van der Waals surface area contributed by atoms with Crippen LogP contribution in [-0.2, 0) is 7.05 Å². The molecule has 0 fully saturated rings. The van der Waals surface area contributed by atoms with Crippen LogP contribution in [0.4, 0.5) is 0 Å². The van der Waals surface area contributed by atoms with Crippen LogP contribution in [0.25, 0.3) is 17.1 Å². The standard InChI is InChI=1S/C24H31N2/c1-16(2)20-9-8-10-21(17(3)4)24(20)26-14-13-19(6)23(26)22-12-11-18(5)15-25(22)7/h8-17H,1-7H3/q+1. The minimum atomic E-state index is 0.478. The van der Waals surface area contributed by atoms with Gasteiger partial charge in [-0.15, -0.1) is 0 Å². The lowest BCUT2D eigenvalue weighted by Crippen LogP contribution is -2.31. The maximum Gasteiger partial charge on any atom is 0.229 e. The van der Waals surface area contributed by atoms with Crippen LogP contribution < -0.4 is 4.57 Å². The van der Waals surface area contributed by atoms with Gasteiger partial charge in [-0.1, -0.05) is 45.9 Å². The van der Waals surface area contributed by atoms with Crippen LogP contribution in [-0.4, -0.2) is 4.57 Å². The van der Waals surface area contributed by atoms with Crippen LogP contribution in [0.3, 0.4) is 0 Å². The molecule has 0 aliphatic rings. The van der Waals surface area contributed by atoms with Crippen LogP contribution in [0.2, 0.25) is 0 Å². The van der Waals surface area contributed by atoms with Crippen molar-refractivity contribution in [2.75, 3.05) is 0 Å². The van der Waals surface area contributed by atoms with Gasteiger partial charge in [0.25, 0.3) is 0 Å². The third kappa shape index (κ3) is 3.21. The summed E-state index contributed by atoms with van der Waals surface area (Å²) in [5, 5.41) is 0. The van der Waals surface area contributed by atoms with Gasteiger partial charge in [-0.3, -0.25) is 0 Å². The van der Waals surface area contributed by atoms with Gasteiger partial charge in [0.15, 0.2) is 6.20 Å². The van der Waals surface area contributed by atoms with E-state index in [2.05, 4.69) is 107 Å². The minimum absolute atomic E-state index is 0.478. The molecule has 0 aliphatic heterocycles. The number of hydrogen-bond acceptors (Lipinski definition) is 0. The Labute approximate surface area is 158 Å². The summed E-state index contributed by atoms with van der Waals surface area (Å²) in [5.41, 5.74) is 9.26. The van der Waals surface area contributed by atoms with E-state index in [4.69, 9.17) is 0 Å². The number of aryl methyl sites for hydroxylation is 3. The predicted octanol–water partition coefficient (Wildman–Crippen LogP) is 5.83. The fourth-order valence-corrected chi connectivity index (χ4v) is 3.82. The second-order valence-electron chi connectivity index (χ2n) is 8.01. The molecule has 1 aromatic carbocycles. The Morgan fingerprint density at radius 1 is 0.846 bits per heavy atom. The summed E-state index contributed by atoms with van der Waals surface area (Å²) >= 11 is 0. The zero-order valence-corrected chi connectivity index (χ0v) is 17.2. The molecule has 136 valence electrons. The first-order valence-electron chi connectivity index (χ1n) is 9.59. The van der Waals surface area contributed by atoms with E-state index in [1.165, 1.54) is 39.3 Å². The highest BCUT2D eigenvalue weighted by Gasteiger charge is 2.22. The Bertz CT molecular complexity index is 903. The number of para-hydroxylation sites is 1. The van der Waals surface area contributed by atoms with Crippen molar-refractivity contribution in [2.45, 2.75) is 53.4 Å². The summed E-state index contributed by atoms with van der Waals surface area (Å²) in [7, 11) is 2.14. The first kappa shape index (κ1) is 18.4. The lowest BCUT2D eigenvalue weighted by Gasteiger charge is -2.22. The lowest BCUT2D eigenvalue weighted by atomic mass is 9.92. The average molecular weight is 348 g/mol. The fourth-order valence-electron chi connectivity index (χ4n) is 3.82. The molecule has 2 heterocycles. The number of aromatic nitrogens is 2. The van der Waals surface area contributed by atoms with Crippen molar-refractivity contribution in [2.24, 2.45) is 7.05 Å². The molecule has 2 nitrogen and oxygen atoms in total. The second-order valence-corrected chi connectivity index (χ2v) is 8.01. The van der Waals surface area contributed by atoms with E-state index in [1.54, 1.807) is 0 Å². The van der Waals surface area contributed by atoms with Gasteiger partial charge >= 0.3 is 0 Å². The molecule has 0 radical (unpaired) electrons. The number of hydrogen-bond donors (Lipinski definition) is 0. The highest BCUT2D eigenvalue weighted by Crippen LogP contribution is 2.35. The molecule has 0 spiro atoms. The van der Waals surface area contributed by atoms with Crippen molar-refractivity contribution >= 4 is 0 Å². The van der Waals surface area contributed by atoms with Crippen LogP contribution in [0.1, 0.15) is 61.8 Å². The predicted molar refractivity (Wildman–Crippen MR) is 110 cm³/mol. The molecule has 0 amide bonds. The summed E-state index contributed by atoms with van der Waals surface area (Å²) in [4.78, 5) is 0. The first-order chi connectivity index (χ1) is 12.3. The normalized spacial score (nSPS) is 11.6. The molecule has 3 rings (SSSR count). The van der Waals surface area contributed by atoms with Crippen LogP contribution in [0.15, 0.2) is 48.8 Å². The van der Waals surface area contributed by atoms with Gasteiger partial charge in [-0.2, -0.15) is 4.57 Å². The zero-order chi connectivity index (χ0) is 19.0. The molecule has 0 bridgehead atoms. The number of rotatable bonds is 4. The van der Waals surface area contributed by atoms with Crippen molar-refractivity contribution < 1.29 is 4.57 Å². The summed E-state index contributed by atoms with van der Waals surface area (Å²) < 4.78 is 4.64. The van der Waals surface area contributed by atoms with Crippen LogP contribution >= 0.6 is 0 Å². The summed E-state index contributed by atoms with van der Waals surface area (Å²) in [6.07, 6.45) is 4.43. The van der Waals surface area contributed by atoms with E-state index in [0.717, 1.165) is 0 Å². The lowest BCUT2D eigenvalue weighted by molar-refractivity contribution is -0.660. The largest absolute Gasteiger partial charge is 0.311 e. The fraction of sp³-hybridized carbons (Fsp3) is 0.375. The molecule has 2 aromatic heterocycles. The maximum atomic E-state index is 2.41. The van der Waals surface area contributed by atoms with E-state index in [-0.39, 0.29) is 0 Å². The first-order valence-corrected chi connectivity index (χ1v) is 9.59. The molecule has 0 saturated heterocycles. The van der Waals surface area contributed by atoms with Crippen molar-refractivity contribution in [1.82, 2.24) is 4.57 Å². The zero-order valence-electron chi connectivity index (χ0n) is 17.2.